The maximum absolute atomic E-state index is 4.13. The maximum Gasteiger partial charge on any atom is 0.0203 e. The van der Waals surface area contributed by atoms with E-state index in [-0.39, 0.29) is 0 Å². The quantitative estimate of drug-likeness (QED) is 0.628. The van der Waals surface area contributed by atoms with Gasteiger partial charge in [0.1, 0.15) is 0 Å². The lowest BCUT2D eigenvalue weighted by Gasteiger charge is -2.27. The molecule has 0 aliphatic heterocycles. The number of hydrogen-bond acceptors (Lipinski definition) is 3. The molecular weight excluding hydrogens is 216 g/mol. The van der Waals surface area contributed by atoms with E-state index in [1.54, 1.807) is 0 Å². The summed E-state index contributed by atoms with van der Waals surface area (Å²) in [6.45, 7) is 12.6. The van der Waals surface area contributed by atoms with Crippen molar-refractivity contribution >= 4 is 11.8 Å². The molecule has 0 aromatic heterocycles. The fraction of sp³-hybridized carbons (Fsp3) is 0.846. The Hall–Kier alpha value is 0.0100. The lowest BCUT2D eigenvalue weighted by atomic mass is 10.2. The number of thioether (sulfide) groups is 1. The number of hydrogen-bond donors (Lipinski definition) is 1. The van der Waals surface area contributed by atoms with Gasteiger partial charge in [-0.05, 0) is 25.3 Å². The molecule has 1 atom stereocenters. The smallest absolute Gasteiger partial charge is 0.0203 e. The second-order valence-electron chi connectivity index (χ2n) is 4.72. The average Bonchev–Trinajstić information content (AvgIpc) is 2.22. The zero-order valence-electron chi connectivity index (χ0n) is 11.5. The van der Waals surface area contributed by atoms with E-state index in [0.29, 0.717) is 12.1 Å². The topological polar surface area (TPSA) is 15.3 Å². The van der Waals surface area contributed by atoms with Gasteiger partial charge in [0.15, 0.2) is 0 Å². The highest BCUT2D eigenvalue weighted by Crippen LogP contribution is 2.09. The highest BCUT2D eigenvalue weighted by atomic mass is 32.2. The third-order valence-electron chi connectivity index (χ3n) is 2.69. The van der Waals surface area contributed by atoms with Crippen molar-refractivity contribution in [3.63, 3.8) is 0 Å². The van der Waals surface area contributed by atoms with Crippen LogP contribution in [0.2, 0.25) is 0 Å². The SMILES string of the molecule is C=C(CNC(C)C)CN(C)C(CC)CSC. The van der Waals surface area contributed by atoms with E-state index in [2.05, 4.69) is 50.9 Å². The van der Waals surface area contributed by atoms with Crippen LogP contribution in [0, 0.1) is 0 Å². The van der Waals surface area contributed by atoms with E-state index in [1.807, 2.05) is 11.8 Å². The second kappa shape index (κ2) is 9.08. The van der Waals surface area contributed by atoms with Gasteiger partial charge in [-0.25, -0.2) is 0 Å². The summed E-state index contributed by atoms with van der Waals surface area (Å²) in [5.41, 5.74) is 1.27. The third-order valence-corrected chi connectivity index (χ3v) is 3.41. The molecule has 0 rings (SSSR count). The zero-order valence-corrected chi connectivity index (χ0v) is 12.4. The molecule has 3 heteroatoms. The van der Waals surface area contributed by atoms with E-state index < -0.39 is 0 Å². The van der Waals surface area contributed by atoms with Gasteiger partial charge in [-0.15, -0.1) is 0 Å². The van der Waals surface area contributed by atoms with Crippen LogP contribution in [0.1, 0.15) is 27.2 Å². The summed E-state index contributed by atoms with van der Waals surface area (Å²) < 4.78 is 0. The van der Waals surface area contributed by atoms with Crippen molar-refractivity contribution in [3.8, 4) is 0 Å². The Morgan fingerprint density at radius 1 is 1.44 bits per heavy atom. The Bertz CT molecular complexity index is 192. The van der Waals surface area contributed by atoms with Gasteiger partial charge in [-0.3, -0.25) is 4.90 Å². The number of rotatable bonds is 9. The van der Waals surface area contributed by atoms with Crippen LogP contribution in [0.4, 0.5) is 0 Å². The van der Waals surface area contributed by atoms with Gasteiger partial charge in [-0.1, -0.05) is 27.4 Å². The van der Waals surface area contributed by atoms with E-state index in [1.165, 1.54) is 17.7 Å². The predicted octanol–water partition coefficient (Wildman–Crippen LogP) is 2.61. The van der Waals surface area contributed by atoms with Gasteiger partial charge in [0, 0.05) is 30.9 Å². The van der Waals surface area contributed by atoms with Crippen molar-refractivity contribution in [1.29, 1.82) is 0 Å². The molecule has 0 bridgehead atoms. The summed E-state index contributed by atoms with van der Waals surface area (Å²) in [5.74, 6) is 1.21. The molecule has 2 nitrogen and oxygen atoms in total. The van der Waals surface area contributed by atoms with Crippen LogP contribution in [0.3, 0.4) is 0 Å². The monoisotopic (exact) mass is 244 g/mol. The molecule has 0 aromatic rings. The van der Waals surface area contributed by atoms with Gasteiger partial charge >= 0.3 is 0 Å². The van der Waals surface area contributed by atoms with Crippen molar-refractivity contribution in [3.05, 3.63) is 12.2 Å². The summed E-state index contributed by atoms with van der Waals surface area (Å²) in [4.78, 5) is 2.42. The van der Waals surface area contributed by atoms with Crippen LogP contribution < -0.4 is 5.32 Å². The van der Waals surface area contributed by atoms with E-state index in [0.717, 1.165) is 13.1 Å². The summed E-state index contributed by atoms with van der Waals surface area (Å²) in [7, 11) is 2.20. The second-order valence-corrected chi connectivity index (χ2v) is 5.63. The molecule has 1 N–H and O–H groups in total. The molecule has 0 radical (unpaired) electrons. The molecule has 0 amide bonds. The Kier molecular flexibility index (Phi) is 9.09. The third kappa shape index (κ3) is 7.31. The minimum atomic E-state index is 0.537. The molecule has 0 aliphatic carbocycles. The van der Waals surface area contributed by atoms with E-state index in [4.69, 9.17) is 0 Å². The highest BCUT2D eigenvalue weighted by Gasteiger charge is 2.12. The first-order valence-corrected chi connectivity index (χ1v) is 7.49. The lowest BCUT2D eigenvalue weighted by molar-refractivity contribution is 0.274. The molecule has 0 heterocycles. The fourth-order valence-corrected chi connectivity index (χ4v) is 2.51. The summed E-state index contributed by atoms with van der Waals surface area (Å²) >= 11 is 1.92. The van der Waals surface area contributed by atoms with Crippen LogP contribution in [0.5, 0.6) is 0 Å². The van der Waals surface area contributed by atoms with Crippen LogP contribution in [-0.4, -0.2) is 49.1 Å². The van der Waals surface area contributed by atoms with Crippen molar-refractivity contribution in [2.75, 3.05) is 32.1 Å². The van der Waals surface area contributed by atoms with Crippen LogP contribution in [-0.2, 0) is 0 Å². The average molecular weight is 244 g/mol. The molecule has 0 saturated carbocycles. The molecule has 0 fully saturated rings. The van der Waals surface area contributed by atoms with E-state index in [9.17, 15) is 0 Å². The summed E-state index contributed by atoms with van der Waals surface area (Å²) in [6.07, 6.45) is 3.38. The Morgan fingerprint density at radius 3 is 2.50 bits per heavy atom. The van der Waals surface area contributed by atoms with Gasteiger partial charge in [0.2, 0.25) is 0 Å². The molecular formula is C13H28N2S. The van der Waals surface area contributed by atoms with Crippen molar-refractivity contribution in [1.82, 2.24) is 10.2 Å². The van der Waals surface area contributed by atoms with Gasteiger partial charge in [0.25, 0.3) is 0 Å². The van der Waals surface area contributed by atoms with Crippen LogP contribution in [0.25, 0.3) is 0 Å². The predicted molar refractivity (Wildman–Crippen MR) is 77.4 cm³/mol. The Labute approximate surface area is 106 Å². The van der Waals surface area contributed by atoms with Crippen molar-refractivity contribution in [2.45, 2.75) is 39.3 Å². The zero-order chi connectivity index (χ0) is 12.6. The fourth-order valence-electron chi connectivity index (χ4n) is 1.64. The molecule has 96 valence electrons. The first-order valence-electron chi connectivity index (χ1n) is 6.10. The first-order chi connectivity index (χ1) is 7.51. The van der Waals surface area contributed by atoms with Gasteiger partial charge in [0.05, 0.1) is 0 Å². The molecule has 16 heavy (non-hydrogen) atoms. The first kappa shape index (κ1) is 16.0. The van der Waals surface area contributed by atoms with Crippen molar-refractivity contribution in [2.24, 2.45) is 0 Å². The standard InChI is InChI=1S/C13H28N2S/c1-7-13(10-16-6)15(5)9-12(4)8-14-11(2)3/h11,13-14H,4,7-10H2,1-3,5-6H3. The van der Waals surface area contributed by atoms with Crippen molar-refractivity contribution < 1.29 is 0 Å². The number of likely N-dealkylation sites (N-methyl/N-ethyl adjacent to an activating group) is 1. The normalized spacial score (nSPS) is 13.4. The Morgan fingerprint density at radius 2 is 2.06 bits per heavy atom. The molecule has 0 spiro atoms. The van der Waals surface area contributed by atoms with E-state index >= 15 is 0 Å². The minimum Gasteiger partial charge on any atom is -0.311 e. The molecule has 0 aromatic carbocycles. The maximum atomic E-state index is 4.13. The summed E-state index contributed by atoms with van der Waals surface area (Å²) in [5, 5.41) is 3.41. The number of nitrogens with one attached hydrogen (secondary N) is 1. The van der Waals surface area contributed by atoms with Crippen LogP contribution >= 0.6 is 11.8 Å². The molecule has 0 saturated heterocycles. The summed E-state index contributed by atoms with van der Waals surface area (Å²) in [6, 6.07) is 1.21. The minimum absolute atomic E-state index is 0.537. The molecule has 1 unspecified atom stereocenters. The lowest BCUT2D eigenvalue weighted by Crippen LogP contribution is -2.36. The largest absolute Gasteiger partial charge is 0.311 e. The van der Waals surface area contributed by atoms with Gasteiger partial charge < -0.3 is 5.32 Å². The van der Waals surface area contributed by atoms with Gasteiger partial charge in [-0.2, -0.15) is 11.8 Å². The highest BCUT2D eigenvalue weighted by molar-refractivity contribution is 7.98. The van der Waals surface area contributed by atoms with Crippen LogP contribution in [0.15, 0.2) is 12.2 Å². The number of nitrogens with zero attached hydrogens (tertiary/aromatic N) is 1. The molecule has 0 aliphatic rings. The Balaban J connectivity index is 3.91.